The third-order valence-corrected chi connectivity index (χ3v) is 6.61. The Morgan fingerprint density at radius 3 is 2.16 bits per heavy atom. The molecule has 1 aliphatic heterocycles. The number of anilines is 2. The summed E-state index contributed by atoms with van der Waals surface area (Å²) < 4.78 is 14.2. The van der Waals surface area contributed by atoms with Crippen LogP contribution in [-0.2, 0) is 6.54 Å². The van der Waals surface area contributed by atoms with Gasteiger partial charge in [-0.05, 0) is 73.0 Å². The minimum absolute atomic E-state index is 0.775. The maximum Gasteiger partial charge on any atom is 0.161 e. The first kappa shape index (κ1) is 22.4. The first-order chi connectivity index (χ1) is 15.6. The summed E-state index contributed by atoms with van der Waals surface area (Å²) in [5.41, 5.74) is 4.93. The van der Waals surface area contributed by atoms with Gasteiger partial charge in [0.2, 0.25) is 0 Å². The van der Waals surface area contributed by atoms with Crippen molar-refractivity contribution in [2.45, 2.75) is 18.4 Å². The van der Waals surface area contributed by atoms with Gasteiger partial charge in [0.15, 0.2) is 11.5 Å². The molecular formula is C26H31N3O2S. The molecule has 5 nitrogen and oxygen atoms in total. The Hall–Kier alpha value is -2.83. The molecule has 4 rings (SSSR count). The maximum atomic E-state index is 5.44. The number of rotatable bonds is 8. The number of methoxy groups -OCH3 is 2. The molecule has 0 spiro atoms. The lowest BCUT2D eigenvalue weighted by Gasteiger charge is -2.36. The summed E-state index contributed by atoms with van der Waals surface area (Å²) in [5.74, 6) is 1.57. The molecule has 32 heavy (non-hydrogen) atoms. The molecule has 1 heterocycles. The molecule has 0 bridgehead atoms. The maximum absolute atomic E-state index is 5.44. The Balaban J connectivity index is 1.27. The van der Waals surface area contributed by atoms with Gasteiger partial charge in [-0.3, -0.25) is 4.90 Å². The van der Waals surface area contributed by atoms with E-state index in [1.54, 1.807) is 26.2 Å². The van der Waals surface area contributed by atoms with Gasteiger partial charge >= 0.3 is 0 Å². The molecule has 0 aromatic heterocycles. The van der Waals surface area contributed by atoms with Gasteiger partial charge in [0.25, 0.3) is 0 Å². The van der Waals surface area contributed by atoms with Crippen LogP contribution in [0.2, 0.25) is 0 Å². The van der Waals surface area contributed by atoms with Gasteiger partial charge in [-0.2, -0.15) is 0 Å². The molecule has 1 N–H and O–H groups in total. The van der Waals surface area contributed by atoms with Crippen LogP contribution in [0.15, 0.2) is 71.6 Å². The Kier molecular flexibility index (Phi) is 7.45. The highest BCUT2D eigenvalue weighted by Gasteiger charge is 2.18. The Morgan fingerprint density at radius 2 is 1.50 bits per heavy atom. The van der Waals surface area contributed by atoms with Gasteiger partial charge in [-0.25, -0.2) is 0 Å². The molecule has 1 saturated heterocycles. The summed E-state index contributed by atoms with van der Waals surface area (Å²) in [6, 6.07) is 23.5. The lowest BCUT2D eigenvalue weighted by molar-refractivity contribution is 0.249. The summed E-state index contributed by atoms with van der Waals surface area (Å²) in [7, 11) is 3.35. The first-order valence-corrected chi connectivity index (χ1v) is 11.7. The lowest BCUT2D eigenvalue weighted by Crippen LogP contribution is -2.45. The van der Waals surface area contributed by atoms with E-state index < -0.39 is 0 Å². The number of aryl methyl sites for hydroxylation is 1. The van der Waals surface area contributed by atoms with Gasteiger partial charge in [0, 0.05) is 49.0 Å². The summed E-state index contributed by atoms with van der Waals surface area (Å²) in [4.78, 5) is 6.17. The fourth-order valence-corrected chi connectivity index (χ4v) is 4.51. The van der Waals surface area contributed by atoms with E-state index in [1.807, 2.05) is 6.07 Å². The second-order valence-corrected chi connectivity index (χ2v) is 8.90. The molecule has 0 saturated carbocycles. The van der Waals surface area contributed by atoms with Crippen molar-refractivity contribution >= 4 is 23.3 Å². The zero-order valence-electron chi connectivity index (χ0n) is 19.0. The van der Waals surface area contributed by atoms with Crippen LogP contribution in [0.25, 0.3) is 0 Å². The number of benzene rings is 3. The van der Waals surface area contributed by atoms with E-state index in [1.165, 1.54) is 21.7 Å². The number of nitrogens with one attached hydrogen (secondary N) is 1. The normalized spacial score (nSPS) is 14.3. The molecule has 3 aromatic carbocycles. The van der Waals surface area contributed by atoms with Crippen LogP contribution in [0.3, 0.4) is 0 Å². The number of hydrogen-bond donors (Lipinski definition) is 1. The zero-order chi connectivity index (χ0) is 22.3. The van der Waals surface area contributed by atoms with Crippen molar-refractivity contribution in [3.05, 3.63) is 77.9 Å². The van der Waals surface area contributed by atoms with E-state index in [-0.39, 0.29) is 0 Å². The van der Waals surface area contributed by atoms with E-state index >= 15 is 0 Å². The van der Waals surface area contributed by atoms with E-state index in [9.17, 15) is 0 Å². The second kappa shape index (κ2) is 10.7. The fraction of sp³-hybridized carbons (Fsp3) is 0.308. The molecule has 0 aliphatic carbocycles. The zero-order valence-corrected chi connectivity index (χ0v) is 19.8. The van der Waals surface area contributed by atoms with Crippen LogP contribution in [0.5, 0.6) is 11.5 Å². The molecule has 6 heteroatoms. The fourth-order valence-electron chi connectivity index (χ4n) is 3.87. The van der Waals surface area contributed by atoms with E-state index in [4.69, 9.17) is 9.47 Å². The predicted molar refractivity (Wildman–Crippen MR) is 134 cm³/mol. The molecule has 168 valence electrons. The minimum atomic E-state index is 0.775. The second-order valence-electron chi connectivity index (χ2n) is 8.02. The molecule has 3 aromatic rings. The van der Waals surface area contributed by atoms with Crippen molar-refractivity contribution in [1.29, 1.82) is 0 Å². The molecule has 0 amide bonds. The van der Waals surface area contributed by atoms with Crippen molar-refractivity contribution in [1.82, 2.24) is 4.90 Å². The van der Waals surface area contributed by atoms with Gasteiger partial charge < -0.3 is 19.1 Å². The van der Waals surface area contributed by atoms with Gasteiger partial charge in [-0.1, -0.05) is 23.8 Å². The number of ether oxygens (including phenoxy) is 2. The third-order valence-electron chi connectivity index (χ3n) is 5.77. The van der Waals surface area contributed by atoms with E-state index in [2.05, 4.69) is 82.1 Å². The van der Waals surface area contributed by atoms with E-state index in [0.29, 0.717) is 0 Å². The minimum Gasteiger partial charge on any atom is -0.493 e. The SMILES string of the molecule is COc1ccc(CN2CCN(c3ccc(SNc4ccc(C)cc4)cc3)CC2)cc1OC. The van der Waals surface area contributed by atoms with Crippen LogP contribution >= 0.6 is 11.9 Å². The monoisotopic (exact) mass is 449 g/mol. The van der Waals surface area contributed by atoms with Gasteiger partial charge in [0.05, 0.1) is 14.2 Å². The van der Waals surface area contributed by atoms with Crippen molar-refractivity contribution in [2.75, 3.05) is 50.0 Å². The first-order valence-electron chi connectivity index (χ1n) is 10.9. The van der Waals surface area contributed by atoms with E-state index in [0.717, 1.165) is 49.9 Å². The Bertz CT molecular complexity index is 1000. The van der Waals surface area contributed by atoms with Crippen LogP contribution in [0, 0.1) is 6.92 Å². The quantitative estimate of drug-likeness (QED) is 0.461. The lowest BCUT2D eigenvalue weighted by atomic mass is 10.1. The average molecular weight is 450 g/mol. The molecule has 1 aliphatic rings. The summed E-state index contributed by atoms with van der Waals surface area (Å²) >= 11 is 1.65. The van der Waals surface area contributed by atoms with Crippen LogP contribution in [-0.4, -0.2) is 45.3 Å². The highest BCUT2D eigenvalue weighted by molar-refractivity contribution is 8.00. The smallest absolute Gasteiger partial charge is 0.161 e. The molecule has 1 fully saturated rings. The number of hydrogen-bond acceptors (Lipinski definition) is 6. The Labute approximate surface area is 195 Å². The highest BCUT2D eigenvalue weighted by atomic mass is 32.2. The third kappa shape index (κ3) is 5.69. The number of piperazine rings is 1. The van der Waals surface area contributed by atoms with Crippen molar-refractivity contribution in [3.8, 4) is 11.5 Å². The molecule has 0 radical (unpaired) electrons. The summed E-state index contributed by atoms with van der Waals surface area (Å²) in [6.45, 7) is 7.17. The van der Waals surface area contributed by atoms with Crippen LogP contribution in [0.1, 0.15) is 11.1 Å². The molecule has 0 atom stereocenters. The van der Waals surface area contributed by atoms with Gasteiger partial charge in [-0.15, -0.1) is 0 Å². The number of nitrogens with zero attached hydrogens (tertiary/aromatic N) is 2. The average Bonchev–Trinajstić information content (AvgIpc) is 2.84. The topological polar surface area (TPSA) is 37.0 Å². The highest BCUT2D eigenvalue weighted by Crippen LogP contribution is 2.29. The van der Waals surface area contributed by atoms with Gasteiger partial charge in [0.1, 0.15) is 0 Å². The largest absolute Gasteiger partial charge is 0.493 e. The summed E-state index contributed by atoms with van der Waals surface area (Å²) in [5, 5.41) is 0. The Morgan fingerprint density at radius 1 is 0.812 bits per heavy atom. The van der Waals surface area contributed by atoms with Crippen LogP contribution < -0.4 is 19.1 Å². The van der Waals surface area contributed by atoms with Crippen molar-refractivity contribution < 1.29 is 9.47 Å². The molecular weight excluding hydrogens is 418 g/mol. The van der Waals surface area contributed by atoms with Crippen molar-refractivity contribution in [2.24, 2.45) is 0 Å². The molecule has 0 unspecified atom stereocenters. The van der Waals surface area contributed by atoms with Crippen LogP contribution in [0.4, 0.5) is 11.4 Å². The summed E-state index contributed by atoms with van der Waals surface area (Å²) in [6.07, 6.45) is 0. The standard InChI is InChI=1S/C26H31N3O2S/c1-20-4-7-22(8-5-20)27-32-24-11-9-23(10-12-24)29-16-14-28(15-17-29)19-21-6-13-25(30-2)26(18-21)31-3/h4-13,18,27H,14-17,19H2,1-3H3. The predicted octanol–water partition coefficient (Wildman–Crippen LogP) is 5.45. The van der Waals surface area contributed by atoms with Crippen molar-refractivity contribution in [3.63, 3.8) is 0 Å².